The number of ketones is 1. The Labute approximate surface area is 161 Å². The molecule has 1 amide bonds. The lowest BCUT2D eigenvalue weighted by atomic mass is 10.1. The maximum absolute atomic E-state index is 12.1. The number of hydrogen-bond donors (Lipinski definition) is 1. The van der Waals surface area contributed by atoms with Crippen molar-refractivity contribution in [3.05, 3.63) is 64.7 Å². The third-order valence-corrected chi connectivity index (χ3v) is 3.96. The number of halogens is 1. The van der Waals surface area contributed by atoms with Crippen molar-refractivity contribution in [2.45, 2.75) is 25.9 Å². The standard InChI is InChI=1S/C20H17ClN2O4/c1-13(20(26)23-17-5-3-2-4-15(17)12-22)27-19(25)11-10-18(24)14-6-8-16(21)9-7-14/h2-9,13H,10-11H2,1H3,(H,23,26)/t13-/m1/s1. The first-order chi connectivity index (χ1) is 12.9. The van der Waals surface area contributed by atoms with Crippen LogP contribution in [-0.2, 0) is 14.3 Å². The summed E-state index contributed by atoms with van der Waals surface area (Å²) in [7, 11) is 0. The van der Waals surface area contributed by atoms with Crippen molar-refractivity contribution >= 4 is 34.9 Å². The zero-order chi connectivity index (χ0) is 19.8. The van der Waals surface area contributed by atoms with Crippen molar-refractivity contribution in [2.24, 2.45) is 0 Å². The minimum Gasteiger partial charge on any atom is -0.453 e. The van der Waals surface area contributed by atoms with E-state index in [1.54, 1.807) is 48.5 Å². The Morgan fingerprint density at radius 2 is 1.78 bits per heavy atom. The van der Waals surface area contributed by atoms with Crippen molar-refractivity contribution in [3.8, 4) is 6.07 Å². The van der Waals surface area contributed by atoms with Gasteiger partial charge in [0.25, 0.3) is 5.91 Å². The third-order valence-electron chi connectivity index (χ3n) is 3.71. The molecule has 7 heteroatoms. The molecule has 0 aromatic heterocycles. The summed E-state index contributed by atoms with van der Waals surface area (Å²) in [5.41, 5.74) is 1.09. The molecule has 0 heterocycles. The van der Waals surface area contributed by atoms with Gasteiger partial charge in [0.15, 0.2) is 11.9 Å². The smallest absolute Gasteiger partial charge is 0.307 e. The van der Waals surface area contributed by atoms with Crippen LogP contribution in [0.3, 0.4) is 0 Å². The largest absolute Gasteiger partial charge is 0.453 e. The summed E-state index contributed by atoms with van der Waals surface area (Å²) in [5, 5.41) is 12.1. The van der Waals surface area contributed by atoms with Gasteiger partial charge in [-0.2, -0.15) is 5.26 Å². The van der Waals surface area contributed by atoms with Crippen molar-refractivity contribution in [1.82, 2.24) is 0 Å². The molecular formula is C20H17ClN2O4. The maximum atomic E-state index is 12.1. The molecule has 6 nitrogen and oxygen atoms in total. The van der Waals surface area contributed by atoms with Crippen LogP contribution < -0.4 is 5.32 Å². The Hall–Kier alpha value is -3.17. The van der Waals surface area contributed by atoms with Gasteiger partial charge < -0.3 is 10.1 Å². The van der Waals surface area contributed by atoms with Gasteiger partial charge in [-0.3, -0.25) is 14.4 Å². The van der Waals surface area contributed by atoms with Gasteiger partial charge in [-0.25, -0.2) is 0 Å². The molecule has 0 fully saturated rings. The second-order valence-electron chi connectivity index (χ2n) is 5.71. The highest BCUT2D eigenvalue weighted by molar-refractivity contribution is 6.30. The quantitative estimate of drug-likeness (QED) is 0.579. The number of ether oxygens (including phenoxy) is 1. The first kappa shape index (κ1) is 20.1. The number of carbonyl (C=O) groups is 3. The Kier molecular flexibility index (Phi) is 7.09. The van der Waals surface area contributed by atoms with E-state index in [0.29, 0.717) is 21.8 Å². The molecule has 0 saturated heterocycles. The summed E-state index contributed by atoms with van der Waals surface area (Å²) >= 11 is 5.77. The first-order valence-corrected chi connectivity index (χ1v) is 8.56. The number of Topliss-reactive ketones (excluding diaryl/α,β-unsaturated/α-hetero) is 1. The second-order valence-corrected chi connectivity index (χ2v) is 6.15. The fourth-order valence-corrected chi connectivity index (χ4v) is 2.36. The predicted molar refractivity (Wildman–Crippen MR) is 100 cm³/mol. The summed E-state index contributed by atoms with van der Waals surface area (Å²) in [6.07, 6.45) is -1.24. The number of esters is 1. The lowest BCUT2D eigenvalue weighted by Gasteiger charge is -2.14. The van der Waals surface area contributed by atoms with Crippen molar-refractivity contribution < 1.29 is 19.1 Å². The zero-order valence-electron chi connectivity index (χ0n) is 14.6. The van der Waals surface area contributed by atoms with Crippen LogP contribution in [0.1, 0.15) is 35.7 Å². The molecule has 0 bridgehead atoms. The molecule has 0 spiro atoms. The highest BCUT2D eigenvalue weighted by atomic mass is 35.5. The average Bonchev–Trinajstić information content (AvgIpc) is 2.67. The van der Waals surface area contributed by atoms with Gasteiger partial charge in [0, 0.05) is 17.0 Å². The summed E-state index contributed by atoms with van der Waals surface area (Å²) in [6, 6.07) is 14.8. The number of carbonyl (C=O) groups excluding carboxylic acids is 3. The van der Waals surface area contributed by atoms with Gasteiger partial charge in [-0.15, -0.1) is 0 Å². The van der Waals surface area contributed by atoms with Crippen LogP contribution in [0.4, 0.5) is 5.69 Å². The highest BCUT2D eigenvalue weighted by Crippen LogP contribution is 2.15. The number of benzene rings is 2. The van der Waals surface area contributed by atoms with Gasteiger partial charge >= 0.3 is 5.97 Å². The van der Waals surface area contributed by atoms with Crippen LogP contribution in [0.5, 0.6) is 0 Å². The maximum Gasteiger partial charge on any atom is 0.307 e. The molecule has 2 aromatic rings. The topological polar surface area (TPSA) is 96.3 Å². The van der Waals surface area contributed by atoms with E-state index < -0.39 is 18.0 Å². The number of nitrogens with zero attached hydrogens (tertiary/aromatic N) is 1. The summed E-state index contributed by atoms with van der Waals surface area (Å²) < 4.78 is 5.06. The Morgan fingerprint density at radius 1 is 1.11 bits per heavy atom. The van der Waals surface area contributed by atoms with Crippen LogP contribution in [-0.4, -0.2) is 23.8 Å². The van der Waals surface area contributed by atoms with Crippen LogP contribution in [0, 0.1) is 11.3 Å². The van der Waals surface area contributed by atoms with Crippen LogP contribution >= 0.6 is 11.6 Å². The molecule has 0 aliphatic carbocycles. The Balaban J connectivity index is 1.84. The van der Waals surface area contributed by atoms with E-state index in [-0.39, 0.29) is 18.6 Å². The zero-order valence-corrected chi connectivity index (χ0v) is 15.3. The third kappa shape index (κ3) is 5.94. The van der Waals surface area contributed by atoms with Crippen LogP contribution in [0.25, 0.3) is 0 Å². The van der Waals surface area contributed by atoms with E-state index in [2.05, 4.69) is 5.32 Å². The molecule has 1 atom stereocenters. The van der Waals surface area contributed by atoms with Crippen molar-refractivity contribution in [1.29, 1.82) is 5.26 Å². The molecule has 0 unspecified atom stereocenters. The molecule has 2 aromatic carbocycles. The molecule has 27 heavy (non-hydrogen) atoms. The number of rotatable bonds is 7. The predicted octanol–water partition coefficient (Wildman–Crippen LogP) is 3.74. The van der Waals surface area contributed by atoms with E-state index in [4.69, 9.17) is 21.6 Å². The van der Waals surface area contributed by atoms with E-state index in [9.17, 15) is 14.4 Å². The molecule has 0 aliphatic rings. The molecule has 1 N–H and O–H groups in total. The molecule has 0 aliphatic heterocycles. The van der Waals surface area contributed by atoms with E-state index >= 15 is 0 Å². The number of amides is 1. The summed E-state index contributed by atoms with van der Waals surface area (Å²) in [5.74, 6) is -1.44. The summed E-state index contributed by atoms with van der Waals surface area (Å²) in [6.45, 7) is 1.42. The minimum absolute atomic E-state index is 0.0356. The van der Waals surface area contributed by atoms with Crippen molar-refractivity contribution in [2.75, 3.05) is 5.32 Å². The van der Waals surface area contributed by atoms with E-state index in [0.717, 1.165) is 0 Å². The van der Waals surface area contributed by atoms with Crippen LogP contribution in [0.2, 0.25) is 5.02 Å². The second kappa shape index (κ2) is 9.51. The average molecular weight is 385 g/mol. The normalized spacial score (nSPS) is 11.1. The molecular weight excluding hydrogens is 368 g/mol. The van der Waals surface area contributed by atoms with Gasteiger partial charge in [0.2, 0.25) is 0 Å². The molecule has 138 valence electrons. The first-order valence-electron chi connectivity index (χ1n) is 8.19. The SMILES string of the molecule is C[C@@H](OC(=O)CCC(=O)c1ccc(Cl)cc1)C(=O)Nc1ccccc1C#N. The van der Waals surface area contributed by atoms with Gasteiger partial charge in [0.1, 0.15) is 6.07 Å². The van der Waals surface area contributed by atoms with E-state index in [1.807, 2.05) is 6.07 Å². The van der Waals surface area contributed by atoms with Crippen LogP contribution in [0.15, 0.2) is 48.5 Å². The van der Waals surface area contributed by atoms with Gasteiger partial charge in [-0.05, 0) is 43.3 Å². The fraction of sp³-hybridized carbons (Fsp3) is 0.200. The Morgan fingerprint density at radius 3 is 2.44 bits per heavy atom. The lowest BCUT2D eigenvalue weighted by Crippen LogP contribution is -2.30. The molecule has 0 radical (unpaired) electrons. The Bertz CT molecular complexity index is 888. The van der Waals surface area contributed by atoms with Gasteiger partial charge in [-0.1, -0.05) is 23.7 Å². The fourth-order valence-electron chi connectivity index (χ4n) is 2.23. The number of nitriles is 1. The van der Waals surface area contributed by atoms with E-state index in [1.165, 1.54) is 6.92 Å². The monoisotopic (exact) mass is 384 g/mol. The highest BCUT2D eigenvalue weighted by Gasteiger charge is 2.19. The number of para-hydroxylation sites is 1. The minimum atomic E-state index is -1.06. The molecule has 2 rings (SSSR count). The molecule has 0 saturated carbocycles. The van der Waals surface area contributed by atoms with Gasteiger partial charge in [0.05, 0.1) is 17.7 Å². The summed E-state index contributed by atoms with van der Waals surface area (Å²) in [4.78, 5) is 36.1. The number of hydrogen-bond acceptors (Lipinski definition) is 5. The number of anilines is 1. The number of nitrogens with one attached hydrogen (secondary N) is 1. The van der Waals surface area contributed by atoms with Crippen molar-refractivity contribution in [3.63, 3.8) is 0 Å². The lowest BCUT2D eigenvalue weighted by molar-refractivity contribution is -0.153.